The van der Waals surface area contributed by atoms with Gasteiger partial charge in [0.15, 0.2) is 5.65 Å². The van der Waals surface area contributed by atoms with Gasteiger partial charge in [0.1, 0.15) is 9.21 Å². The van der Waals surface area contributed by atoms with E-state index in [1.165, 1.54) is 0 Å². The van der Waals surface area contributed by atoms with Gasteiger partial charge in [-0.3, -0.25) is 4.40 Å². The van der Waals surface area contributed by atoms with E-state index in [0.29, 0.717) is 0 Å². The molecule has 13 heavy (non-hydrogen) atoms. The fourth-order valence-electron chi connectivity index (χ4n) is 1.24. The van der Waals surface area contributed by atoms with Gasteiger partial charge in [-0.2, -0.15) is 0 Å². The van der Waals surface area contributed by atoms with Crippen molar-refractivity contribution in [3.63, 3.8) is 0 Å². The Morgan fingerprint density at radius 3 is 2.69 bits per heavy atom. The van der Waals surface area contributed by atoms with Crippen LogP contribution in [-0.4, -0.2) is 14.4 Å². The first kappa shape index (κ1) is 9.15. The van der Waals surface area contributed by atoms with Gasteiger partial charge in [-0.1, -0.05) is 0 Å². The van der Waals surface area contributed by atoms with Gasteiger partial charge in [-0.25, -0.2) is 9.97 Å². The Kier molecular flexibility index (Phi) is 2.15. The molecule has 0 saturated heterocycles. The third-order valence-corrected chi connectivity index (χ3v) is 3.64. The third-order valence-electron chi connectivity index (χ3n) is 1.93. The molecule has 0 radical (unpaired) electrons. The van der Waals surface area contributed by atoms with Crippen molar-refractivity contribution >= 4 is 37.5 Å². The molecule has 0 aliphatic rings. The smallest absolute Gasteiger partial charge is 0.156 e. The molecule has 0 atom stereocenters. The molecule has 5 heteroatoms. The second-order valence-electron chi connectivity index (χ2n) is 2.82. The first-order valence-electron chi connectivity index (χ1n) is 3.77. The molecule has 0 amide bonds. The van der Waals surface area contributed by atoms with Crippen LogP contribution >= 0.6 is 31.9 Å². The van der Waals surface area contributed by atoms with E-state index in [-0.39, 0.29) is 0 Å². The van der Waals surface area contributed by atoms with E-state index >= 15 is 0 Å². The van der Waals surface area contributed by atoms with Crippen LogP contribution in [0.2, 0.25) is 0 Å². The average molecular weight is 305 g/mol. The monoisotopic (exact) mass is 303 g/mol. The van der Waals surface area contributed by atoms with Crippen molar-refractivity contribution in [2.45, 2.75) is 13.8 Å². The molecule has 0 unspecified atom stereocenters. The standard InChI is InChI=1S/C8H7Br2N3/c1-4-8(10)13-5(2)7(9)11-3-6(13)12-4/h3H,1-2H3. The van der Waals surface area contributed by atoms with Crippen LogP contribution in [-0.2, 0) is 0 Å². The summed E-state index contributed by atoms with van der Waals surface area (Å²) in [6, 6.07) is 0. The van der Waals surface area contributed by atoms with Crippen LogP contribution in [0.1, 0.15) is 11.4 Å². The molecule has 0 aliphatic carbocycles. The summed E-state index contributed by atoms with van der Waals surface area (Å²) in [6.07, 6.45) is 1.74. The number of aromatic nitrogens is 3. The lowest BCUT2D eigenvalue weighted by atomic mass is 10.5. The molecule has 0 fully saturated rings. The lowest BCUT2D eigenvalue weighted by Gasteiger charge is -2.01. The zero-order valence-corrected chi connectivity index (χ0v) is 10.3. The van der Waals surface area contributed by atoms with Gasteiger partial charge >= 0.3 is 0 Å². The molecule has 68 valence electrons. The predicted molar refractivity (Wildman–Crippen MR) is 57.9 cm³/mol. The van der Waals surface area contributed by atoms with E-state index in [0.717, 1.165) is 26.2 Å². The fourth-order valence-corrected chi connectivity index (χ4v) is 2.05. The van der Waals surface area contributed by atoms with Crippen molar-refractivity contribution in [3.05, 3.63) is 26.8 Å². The highest BCUT2D eigenvalue weighted by atomic mass is 79.9. The summed E-state index contributed by atoms with van der Waals surface area (Å²) in [7, 11) is 0. The van der Waals surface area contributed by atoms with Crippen molar-refractivity contribution < 1.29 is 0 Å². The summed E-state index contributed by atoms with van der Waals surface area (Å²) >= 11 is 6.87. The largest absolute Gasteiger partial charge is 0.287 e. The van der Waals surface area contributed by atoms with E-state index in [9.17, 15) is 0 Å². The van der Waals surface area contributed by atoms with Crippen LogP contribution in [0.4, 0.5) is 0 Å². The molecule has 0 N–H and O–H groups in total. The van der Waals surface area contributed by atoms with Gasteiger partial charge in [-0.05, 0) is 45.7 Å². The Balaban J connectivity index is 2.97. The van der Waals surface area contributed by atoms with Crippen molar-refractivity contribution in [3.8, 4) is 0 Å². The van der Waals surface area contributed by atoms with E-state index in [1.54, 1.807) is 6.20 Å². The van der Waals surface area contributed by atoms with Gasteiger partial charge in [0, 0.05) is 0 Å². The Hall–Kier alpha value is -0.420. The maximum absolute atomic E-state index is 4.35. The summed E-state index contributed by atoms with van der Waals surface area (Å²) < 4.78 is 3.85. The predicted octanol–water partition coefficient (Wildman–Crippen LogP) is 2.87. The SMILES string of the molecule is Cc1nc2cnc(Br)c(C)n2c1Br. The highest BCUT2D eigenvalue weighted by Crippen LogP contribution is 2.22. The molecule has 0 spiro atoms. The fraction of sp³-hybridized carbons (Fsp3) is 0.250. The molecule has 3 nitrogen and oxygen atoms in total. The minimum atomic E-state index is 0.845. The number of hydrogen-bond donors (Lipinski definition) is 0. The van der Waals surface area contributed by atoms with Crippen LogP contribution < -0.4 is 0 Å². The summed E-state index contributed by atoms with van der Waals surface area (Å²) in [5, 5.41) is 0. The van der Waals surface area contributed by atoms with Crippen LogP contribution in [0.25, 0.3) is 5.65 Å². The first-order valence-corrected chi connectivity index (χ1v) is 5.35. The van der Waals surface area contributed by atoms with Gasteiger partial charge in [0.2, 0.25) is 0 Å². The van der Waals surface area contributed by atoms with E-state index in [2.05, 4.69) is 41.8 Å². The number of hydrogen-bond acceptors (Lipinski definition) is 2. The zero-order valence-electron chi connectivity index (χ0n) is 7.17. The molecule has 2 rings (SSSR count). The number of rotatable bonds is 0. The highest BCUT2D eigenvalue weighted by Gasteiger charge is 2.09. The zero-order chi connectivity index (χ0) is 9.59. The second kappa shape index (κ2) is 3.06. The van der Waals surface area contributed by atoms with Crippen molar-refractivity contribution in [2.75, 3.05) is 0 Å². The third kappa shape index (κ3) is 1.30. The second-order valence-corrected chi connectivity index (χ2v) is 4.32. The molecule has 2 aromatic rings. The Labute approximate surface area is 92.5 Å². The molecule has 0 aromatic carbocycles. The minimum absolute atomic E-state index is 0.845. The van der Waals surface area contributed by atoms with Crippen molar-refractivity contribution in [1.82, 2.24) is 14.4 Å². The van der Waals surface area contributed by atoms with Crippen LogP contribution in [0.3, 0.4) is 0 Å². The number of imidazole rings is 1. The van der Waals surface area contributed by atoms with Crippen molar-refractivity contribution in [1.29, 1.82) is 0 Å². The molecular weight excluding hydrogens is 298 g/mol. The molecule has 0 aliphatic heterocycles. The van der Waals surface area contributed by atoms with E-state index in [4.69, 9.17) is 0 Å². The van der Waals surface area contributed by atoms with E-state index in [1.807, 2.05) is 18.2 Å². The lowest BCUT2D eigenvalue weighted by Crippen LogP contribution is -1.94. The van der Waals surface area contributed by atoms with Crippen LogP contribution in [0.15, 0.2) is 15.4 Å². The summed E-state index contributed by atoms with van der Waals surface area (Å²) in [6.45, 7) is 3.96. The summed E-state index contributed by atoms with van der Waals surface area (Å²) in [5.41, 5.74) is 2.89. The van der Waals surface area contributed by atoms with Crippen molar-refractivity contribution in [2.24, 2.45) is 0 Å². The Morgan fingerprint density at radius 1 is 1.31 bits per heavy atom. The van der Waals surface area contributed by atoms with Crippen LogP contribution in [0, 0.1) is 13.8 Å². The molecular formula is C8H7Br2N3. The summed E-state index contributed by atoms with van der Waals surface area (Å²) in [4.78, 5) is 8.52. The van der Waals surface area contributed by atoms with Gasteiger partial charge in [-0.15, -0.1) is 0 Å². The molecule has 2 heterocycles. The number of nitrogens with zero attached hydrogens (tertiary/aromatic N) is 3. The number of halogens is 2. The number of aryl methyl sites for hydroxylation is 2. The van der Waals surface area contributed by atoms with Gasteiger partial charge < -0.3 is 0 Å². The molecule has 0 saturated carbocycles. The summed E-state index contributed by atoms with van der Waals surface area (Å²) in [5.74, 6) is 0. The lowest BCUT2D eigenvalue weighted by molar-refractivity contribution is 1.00. The van der Waals surface area contributed by atoms with Crippen LogP contribution in [0.5, 0.6) is 0 Å². The topological polar surface area (TPSA) is 30.2 Å². The van der Waals surface area contributed by atoms with E-state index < -0.39 is 0 Å². The first-order chi connectivity index (χ1) is 6.11. The minimum Gasteiger partial charge on any atom is -0.287 e. The molecule has 0 bridgehead atoms. The van der Waals surface area contributed by atoms with Gasteiger partial charge in [0.25, 0.3) is 0 Å². The highest BCUT2D eigenvalue weighted by molar-refractivity contribution is 9.10. The Morgan fingerprint density at radius 2 is 2.00 bits per heavy atom. The maximum atomic E-state index is 4.35. The Bertz CT molecular complexity index is 476. The van der Waals surface area contributed by atoms with Gasteiger partial charge in [0.05, 0.1) is 17.6 Å². The normalized spacial score (nSPS) is 11.1. The average Bonchev–Trinajstić information content (AvgIpc) is 2.37. The quantitative estimate of drug-likeness (QED) is 0.749. The molecule has 2 aromatic heterocycles. The maximum Gasteiger partial charge on any atom is 0.156 e. The number of fused-ring (bicyclic) bond motifs is 1.